The first-order valence-electron chi connectivity index (χ1n) is 10.3. The number of nitrogens with zero attached hydrogens (tertiary/aromatic N) is 5. The van der Waals surface area contributed by atoms with E-state index in [1.54, 1.807) is 0 Å². The monoisotopic (exact) mass is 417 g/mol. The normalized spacial score (nSPS) is 15.6. The molecule has 1 aliphatic heterocycles. The van der Waals surface area contributed by atoms with Crippen molar-refractivity contribution in [2.45, 2.75) is 40.0 Å². The SMILES string of the molecule is CCOc1ccc([C@@H]2Cn3nnc(-c4nc(-c5ccc(C)c(C)c5)no4)c3CO2)cc1. The number of benzene rings is 2. The van der Waals surface area contributed by atoms with Crippen molar-refractivity contribution in [1.29, 1.82) is 0 Å². The molecule has 2 aromatic heterocycles. The summed E-state index contributed by atoms with van der Waals surface area (Å²) in [5.74, 6) is 1.73. The molecule has 8 heteroatoms. The average molecular weight is 417 g/mol. The smallest absolute Gasteiger partial charge is 0.280 e. The molecule has 0 saturated heterocycles. The van der Waals surface area contributed by atoms with Crippen LogP contribution in [0.5, 0.6) is 5.75 Å². The highest BCUT2D eigenvalue weighted by Gasteiger charge is 2.28. The summed E-state index contributed by atoms with van der Waals surface area (Å²) in [6.07, 6.45) is -0.105. The number of hydrogen-bond donors (Lipinski definition) is 0. The molecule has 8 nitrogen and oxygen atoms in total. The molecule has 31 heavy (non-hydrogen) atoms. The van der Waals surface area contributed by atoms with Crippen molar-refractivity contribution in [3.05, 3.63) is 64.8 Å². The Kier molecular flexibility index (Phi) is 4.99. The summed E-state index contributed by atoms with van der Waals surface area (Å²) >= 11 is 0. The summed E-state index contributed by atoms with van der Waals surface area (Å²) in [7, 11) is 0. The van der Waals surface area contributed by atoms with E-state index in [1.165, 1.54) is 11.1 Å². The fourth-order valence-electron chi connectivity index (χ4n) is 3.64. The maximum atomic E-state index is 6.10. The van der Waals surface area contributed by atoms with Crippen LogP contribution < -0.4 is 4.74 Å². The Bertz CT molecular complexity index is 1210. The van der Waals surface area contributed by atoms with Gasteiger partial charge in [0.1, 0.15) is 11.9 Å². The van der Waals surface area contributed by atoms with Crippen molar-refractivity contribution < 1.29 is 14.0 Å². The second-order valence-corrected chi connectivity index (χ2v) is 7.59. The first-order chi connectivity index (χ1) is 15.1. The average Bonchev–Trinajstić information content (AvgIpc) is 3.43. The summed E-state index contributed by atoms with van der Waals surface area (Å²) in [5.41, 5.74) is 5.77. The number of ether oxygens (including phenoxy) is 2. The summed E-state index contributed by atoms with van der Waals surface area (Å²) in [6.45, 7) is 7.68. The van der Waals surface area contributed by atoms with Gasteiger partial charge in [-0.1, -0.05) is 34.6 Å². The Labute approximate surface area is 179 Å². The number of fused-ring (bicyclic) bond motifs is 1. The molecule has 0 spiro atoms. The minimum absolute atomic E-state index is 0.105. The van der Waals surface area contributed by atoms with Gasteiger partial charge in [-0.05, 0) is 55.7 Å². The van der Waals surface area contributed by atoms with Crippen LogP contribution in [-0.2, 0) is 17.9 Å². The zero-order valence-corrected chi connectivity index (χ0v) is 17.7. The predicted molar refractivity (Wildman–Crippen MR) is 113 cm³/mol. The lowest BCUT2D eigenvalue weighted by atomic mass is 10.1. The summed E-state index contributed by atoms with van der Waals surface area (Å²) in [4.78, 5) is 4.54. The van der Waals surface area contributed by atoms with Crippen LogP contribution in [0, 0.1) is 13.8 Å². The zero-order chi connectivity index (χ0) is 21.4. The van der Waals surface area contributed by atoms with Crippen molar-refractivity contribution in [2.75, 3.05) is 6.61 Å². The molecule has 4 aromatic rings. The van der Waals surface area contributed by atoms with E-state index in [2.05, 4.69) is 46.4 Å². The van der Waals surface area contributed by atoms with E-state index in [-0.39, 0.29) is 6.10 Å². The lowest BCUT2D eigenvalue weighted by Gasteiger charge is -2.24. The third kappa shape index (κ3) is 3.70. The maximum Gasteiger partial charge on any atom is 0.280 e. The first kappa shape index (κ1) is 19.4. The zero-order valence-electron chi connectivity index (χ0n) is 17.7. The molecule has 0 amide bonds. The van der Waals surface area contributed by atoms with Crippen molar-refractivity contribution in [3.8, 4) is 28.7 Å². The largest absolute Gasteiger partial charge is 0.494 e. The Morgan fingerprint density at radius 3 is 2.71 bits per heavy atom. The lowest BCUT2D eigenvalue weighted by molar-refractivity contribution is -0.00119. The van der Waals surface area contributed by atoms with Crippen LogP contribution in [0.1, 0.15) is 35.4 Å². The molecule has 2 aromatic carbocycles. The second kappa shape index (κ2) is 7.96. The lowest BCUT2D eigenvalue weighted by Crippen LogP contribution is -2.22. The Hall–Kier alpha value is -3.52. The van der Waals surface area contributed by atoms with Gasteiger partial charge < -0.3 is 14.0 Å². The molecule has 0 fully saturated rings. The minimum atomic E-state index is -0.105. The van der Waals surface area contributed by atoms with Crippen LogP contribution in [0.4, 0.5) is 0 Å². The standard InChI is InChI=1S/C23H23N5O3/c1-4-29-18-9-7-16(8-10-18)20-12-28-19(13-30-20)21(25-27-28)23-24-22(26-31-23)17-6-5-14(2)15(3)11-17/h5-11,20H,4,12-13H2,1-3H3/t20-/m0/s1. The Balaban J connectivity index is 1.36. The van der Waals surface area contributed by atoms with Gasteiger partial charge in [0.05, 0.1) is 25.5 Å². The molecule has 158 valence electrons. The van der Waals surface area contributed by atoms with Crippen LogP contribution in [0.3, 0.4) is 0 Å². The second-order valence-electron chi connectivity index (χ2n) is 7.59. The van der Waals surface area contributed by atoms with Gasteiger partial charge in [-0.25, -0.2) is 4.68 Å². The van der Waals surface area contributed by atoms with E-state index in [4.69, 9.17) is 14.0 Å². The summed E-state index contributed by atoms with van der Waals surface area (Å²) in [5, 5.41) is 12.7. The van der Waals surface area contributed by atoms with Gasteiger partial charge in [-0.15, -0.1) is 5.10 Å². The van der Waals surface area contributed by atoms with E-state index in [0.717, 1.165) is 22.6 Å². The van der Waals surface area contributed by atoms with E-state index in [0.29, 0.717) is 37.2 Å². The summed E-state index contributed by atoms with van der Waals surface area (Å²) < 4.78 is 19.0. The molecule has 0 N–H and O–H groups in total. The van der Waals surface area contributed by atoms with E-state index in [1.807, 2.05) is 41.9 Å². The van der Waals surface area contributed by atoms with Crippen LogP contribution in [0.15, 0.2) is 47.0 Å². The van der Waals surface area contributed by atoms with Crippen LogP contribution in [0.25, 0.3) is 23.0 Å². The molecular weight excluding hydrogens is 394 g/mol. The van der Waals surface area contributed by atoms with Gasteiger partial charge in [0.15, 0.2) is 5.69 Å². The molecule has 0 bridgehead atoms. The van der Waals surface area contributed by atoms with E-state index < -0.39 is 0 Å². The molecule has 0 saturated carbocycles. The predicted octanol–water partition coefficient (Wildman–Crippen LogP) is 4.28. The molecular formula is C23H23N5O3. The molecule has 1 atom stereocenters. The highest BCUT2D eigenvalue weighted by atomic mass is 16.5. The van der Waals surface area contributed by atoms with Gasteiger partial charge >= 0.3 is 0 Å². The molecule has 3 heterocycles. The van der Waals surface area contributed by atoms with Gasteiger partial charge in [0.2, 0.25) is 5.82 Å². The third-order valence-electron chi connectivity index (χ3n) is 5.55. The maximum absolute atomic E-state index is 6.10. The summed E-state index contributed by atoms with van der Waals surface area (Å²) in [6, 6.07) is 14.0. The van der Waals surface area contributed by atoms with Crippen molar-refractivity contribution in [1.82, 2.24) is 25.1 Å². The first-order valence-corrected chi connectivity index (χ1v) is 10.3. The highest BCUT2D eigenvalue weighted by Crippen LogP contribution is 2.31. The van der Waals surface area contributed by atoms with Gasteiger partial charge in [-0.3, -0.25) is 0 Å². The van der Waals surface area contributed by atoms with Gasteiger partial charge in [0, 0.05) is 5.56 Å². The van der Waals surface area contributed by atoms with E-state index in [9.17, 15) is 0 Å². The van der Waals surface area contributed by atoms with E-state index >= 15 is 0 Å². The molecule has 5 rings (SSSR count). The van der Waals surface area contributed by atoms with Crippen LogP contribution in [-0.4, -0.2) is 31.7 Å². The number of aryl methyl sites for hydroxylation is 2. The topological polar surface area (TPSA) is 88.1 Å². The van der Waals surface area contributed by atoms with Crippen molar-refractivity contribution >= 4 is 0 Å². The fraction of sp³-hybridized carbons (Fsp3) is 0.304. The third-order valence-corrected chi connectivity index (χ3v) is 5.55. The minimum Gasteiger partial charge on any atom is -0.494 e. The number of aromatic nitrogens is 5. The van der Waals surface area contributed by atoms with Gasteiger partial charge in [0.25, 0.3) is 5.89 Å². The Morgan fingerprint density at radius 1 is 1.10 bits per heavy atom. The fourth-order valence-corrected chi connectivity index (χ4v) is 3.64. The number of rotatable bonds is 5. The van der Waals surface area contributed by atoms with Gasteiger partial charge in [-0.2, -0.15) is 4.98 Å². The molecule has 0 radical (unpaired) electrons. The van der Waals surface area contributed by atoms with Crippen LogP contribution >= 0.6 is 0 Å². The number of hydrogen-bond acceptors (Lipinski definition) is 7. The highest BCUT2D eigenvalue weighted by molar-refractivity contribution is 5.60. The van der Waals surface area contributed by atoms with Crippen molar-refractivity contribution in [2.24, 2.45) is 0 Å². The Morgan fingerprint density at radius 2 is 1.94 bits per heavy atom. The molecule has 0 aliphatic carbocycles. The van der Waals surface area contributed by atoms with Crippen LogP contribution in [0.2, 0.25) is 0 Å². The molecule has 0 unspecified atom stereocenters. The quantitative estimate of drug-likeness (QED) is 0.479. The molecule has 1 aliphatic rings. The van der Waals surface area contributed by atoms with Crippen molar-refractivity contribution in [3.63, 3.8) is 0 Å².